The number of hydrogen-bond donors (Lipinski definition) is 2. The van der Waals surface area contributed by atoms with Crippen LogP contribution >= 0.6 is 11.8 Å². The first-order valence-corrected chi connectivity index (χ1v) is 9.17. The third-order valence-electron chi connectivity index (χ3n) is 3.83. The molecular weight excluding hydrogens is 350 g/mol. The Kier molecular flexibility index (Phi) is 5.63. The van der Waals surface area contributed by atoms with Crippen LogP contribution in [0.2, 0.25) is 0 Å². The third-order valence-corrected chi connectivity index (χ3v) is 4.83. The molecule has 0 aliphatic rings. The van der Waals surface area contributed by atoms with E-state index in [0.29, 0.717) is 10.8 Å². The maximum absolute atomic E-state index is 12.2. The zero-order valence-electron chi connectivity index (χ0n) is 14.3. The average molecular weight is 369 g/mol. The van der Waals surface area contributed by atoms with Gasteiger partial charge in [0.05, 0.1) is 6.61 Å². The molecule has 3 rings (SSSR count). The van der Waals surface area contributed by atoms with Gasteiger partial charge in [-0.15, -0.1) is 0 Å². The summed E-state index contributed by atoms with van der Waals surface area (Å²) in [5.41, 5.74) is -0.270. The van der Waals surface area contributed by atoms with Crippen LogP contribution in [0.25, 0.3) is 10.8 Å². The topological polar surface area (TPSA) is 79.7 Å². The van der Waals surface area contributed by atoms with Gasteiger partial charge in [-0.25, -0.2) is 9.78 Å². The summed E-state index contributed by atoms with van der Waals surface area (Å²) < 4.78 is 5.10. The van der Waals surface area contributed by atoms with Crippen LogP contribution in [0.15, 0.2) is 58.3 Å². The molecule has 0 saturated carbocycles. The zero-order chi connectivity index (χ0) is 18.5. The third kappa shape index (κ3) is 3.91. The summed E-state index contributed by atoms with van der Waals surface area (Å²) in [6.45, 7) is 2.23. The van der Waals surface area contributed by atoms with Crippen LogP contribution in [0.3, 0.4) is 0 Å². The Hall–Kier alpha value is -2.73. The summed E-state index contributed by atoms with van der Waals surface area (Å²) in [6, 6.07) is 15.0. The number of benzene rings is 2. The number of esters is 1. The second-order valence-electron chi connectivity index (χ2n) is 5.74. The smallest absolute Gasteiger partial charge is 0.360 e. The lowest BCUT2D eigenvalue weighted by atomic mass is 10.1. The van der Waals surface area contributed by atoms with Gasteiger partial charge in [0, 0.05) is 20.6 Å². The van der Waals surface area contributed by atoms with Crippen molar-refractivity contribution in [3.05, 3.63) is 54.2 Å². The van der Waals surface area contributed by atoms with E-state index in [4.69, 9.17) is 4.74 Å². The van der Waals surface area contributed by atoms with Gasteiger partial charge < -0.3 is 14.9 Å². The predicted molar refractivity (Wildman–Crippen MR) is 101 cm³/mol. The molecule has 6 heteroatoms. The van der Waals surface area contributed by atoms with E-state index in [1.165, 1.54) is 11.8 Å². The first-order valence-electron chi connectivity index (χ1n) is 8.36. The molecule has 0 spiro atoms. The highest BCUT2D eigenvalue weighted by Crippen LogP contribution is 2.37. The number of rotatable bonds is 6. The summed E-state index contributed by atoms with van der Waals surface area (Å²) in [5.74, 6) is -1.33. The number of unbranched alkanes of at least 4 members (excludes halogenated alkanes) is 1. The molecule has 26 heavy (non-hydrogen) atoms. The second-order valence-corrected chi connectivity index (χ2v) is 6.89. The van der Waals surface area contributed by atoms with Gasteiger partial charge in [0.2, 0.25) is 5.88 Å². The molecule has 5 nitrogen and oxygen atoms in total. The van der Waals surface area contributed by atoms with Crippen LogP contribution in [0.4, 0.5) is 0 Å². The van der Waals surface area contributed by atoms with E-state index < -0.39 is 5.97 Å². The van der Waals surface area contributed by atoms with Gasteiger partial charge in [0.25, 0.3) is 0 Å². The van der Waals surface area contributed by atoms with Gasteiger partial charge >= 0.3 is 5.97 Å². The maximum Gasteiger partial charge on any atom is 0.360 e. The minimum absolute atomic E-state index is 0.249. The van der Waals surface area contributed by atoms with Crippen LogP contribution in [0.1, 0.15) is 30.3 Å². The van der Waals surface area contributed by atoms with E-state index in [1.54, 1.807) is 12.1 Å². The van der Waals surface area contributed by atoms with Crippen molar-refractivity contribution in [3.8, 4) is 11.6 Å². The molecule has 2 aromatic carbocycles. The van der Waals surface area contributed by atoms with Crippen LogP contribution in [-0.2, 0) is 4.74 Å². The molecule has 134 valence electrons. The molecular formula is C20H19NO4S. The van der Waals surface area contributed by atoms with Crippen LogP contribution < -0.4 is 0 Å². The molecule has 3 aromatic rings. The lowest BCUT2D eigenvalue weighted by Crippen LogP contribution is -2.09. The van der Waals surface area contributed by atoms with Gasteiger partial charge in [-0.05, 0) is 36.8 Å². The normalized spacial score (nSPS) is 10.8. The fourth-order valence-corrected chi connectivity index (χ4v) is 3.35. The zero-order valence-corrected chi connectivity index (χ0v) is 15.1. The molecule has 0 bridgehead atoms. The SMILES string of the molecule is CCCCOC(=O)c1nc(O)c2ccc(Sc3ccccc3)cc2c1O. The minimum atomic E-state index is -0.741. The quantitative estimate of drug-likeness (QED) is 0.482. The number of aromatic nitrogens is 1. The van der Waals surface area contributed by atoms with E-state index in [1.807, 2.05) is 43.3 Å². The minimum Gasteiger partial charge on any atom is -0.505 e. The highest BCUT2D eigenvalue weighted by molar-refractivity contribution is 7.99. The molecule has 0 unspecified atom stereocenters. The van der Waals surface area contributed by atoms with Crippen molar-refractivity contribution in [2.24, 2.45) is 0 Å². The summed E-state index contributed by atoms with van der Waals surface area (Å²) in [4.78, 5) is 17.9. The Bertz CT molecular complexity index is 928. The summed E-state index contributed by atoms with van der Waals surface area (Å²) >= 11 is 1.52. The monoisotopic (exact) mass is 369 g/mol. The molecule has 0 fully saturated rings. The summed E-state index contributed by atoms with van der Waals surface area (Å²) in [5, 5.41) is 21.4. The molecule has 0 radical (unpaired) electrons. The molecule has 0 atom stereocenters. The van der Waals surface area contributed by atoms with Gasteiger partial charge in [-0.1, -0.05) is 43.3 Å². The largest absolute Gasteiger partial charge is 0.505 e. The number of ether oxygens (including phenoxy) is 1. The molecule has 2 N–H and O–H groups in total. The lowest BCUT2D eigenvalue weighted by Gasteiger charge is -2.10. The van der Waals surface area contributed by atoms with Crippen LogP contribution in [0, 0.1) is 0 Å². The molecule has 1 heterocycles. The molecule has 0 saturated heterocycles. The van der Waals surface area contributed by atoms with Crippen molar-refractivity contribution < 1.29 is 19.7 Å². The lowest BCUT2D eigenvalue weighted by molar-refractivity contribution is 0.0488. The second kappa shape index (κ2) is 8.10. The van der Waals surface area contributed by atoms with E-state index in [2.05, 4.69) is 4.98 Å². The first kappa shape index (κ1) is 18.1. The maximum atomic E-state index is 12.2. The fourth-order valence-electron chi connectivity index (χ4n) is 2.47. The predicted octanol–water partition coefficient (Wildman–Crippen LogP) is 4.75. The van der Waals surface area contributed by atoms with Gasteiger partial charge in [0.15, 0.2) is 11.4 Å². The Balaban J connectivity index is 1.96. The van der Waals surface area contributed by atoms with Crippen LogP contribution in [-0.4, -0.2) is 27.8 Å². The molecule has 0 amide bonds. The molecule has 0 aliphatic carbocycles. The summed E-state index contributed by atoms with van der Waals surface area (Å²) in [7, 11) is 0. The highest BCUT2D eigenvalue weighted by Gasteiger charge is 2.20. The summed E-state index contributed by atoms with van der Waals surface area (Å²) in [6.07, 6.45) is 1.61. The van der Waals surface area contributed by atoms with Crippen molar-refractivity contribution in [2.75, 3.05) is 6.61 Å². The first-order chi connectivity index (χ1) is 12.6. The van der Waals surface area contributed by atoms with E-state index in [-0.39, 0.29) is 23.9 Å². The van der Waals surface area contributed by atoms with Crippen molar-refractivity contribution >= 4 is 28.5 Å². The number of pyridine rings is 1. The van der Waals surface area contributed by atoms with E-state index in [9.17, 15) is 15.0 Å². The average Bonchev–Trinajstić information content (AvgIpc) is 2.65. The van der Waals surface area contributed by atoms with Crippen molar-refractivity contribution in [1.82, 2.24) is 4.98 Å². The Labute approximate surface area is 155 Å². The van der Waals surface area contributed by atoms with Gasteiger partial charge in [-0.2, -0.15) is 0 Å². The number of hydrogen-bond acceptors (Lipinski definition) is 6. The highest BCUT2D eigenvalue weighted by atomic mass is 32.2. The number of nitrogens with zero attached hydrogens (tertiary/aromatic N) is 1. The standard InChI is InChI=1S/C20H19NO4S/c1-2-3-11-25-20(24)17-18(22)16-12-14(9-10-15(16)19(23)21-17)26-13-7-5-4-6-8-13/h4-10,12,22H,2-3,11H2,1H3,(H,21,23). The van der Waals surface area contributed by atoms with Crippen LogP contribution in [0.5, 0.6) is 11.6 Å². The van der Waals surface area contributed by atoms with Gasteiger partial charge in [0.1, 0.15) is 0 Å². The Morgan fingerprint density at radius 1 is 1.08 bits per heavy atom. The van der Waals surface area contributed by atoms with E-state index in [0.717, 1.165) is 22.6 Å². The van der Waals surface area contributed by atoms with E-state index >= 15 is 0 Å². The van der Waals surface area contributed by atoms with Crippen molar-refractivity contribution in [2.45, 2.75) is 29.6 Å². The number of carbonyl (C=O) groups excluding carboxylic acids is 1. The van der Waals surface area contributed by atoms with Crippen molar-refractivity contribution in [1.29, 1.82) is 0 Å². The van der Waals surface area contributed by atoms with Crippen molar-refractivity contribution in [3.63, 3.8) is 0 Å². The molecule has 0 aliphatic heterocycles. The fraction of sp³-hybridized carbons (Fsp3) is 0.200. The number of carbonyl (C=O) groups is 1. The Morgan fingerprint density at radius 3 is 2.58 bits per heavy atom. The molecule has 1 aromatic heterocycles. The Morgan fingerprint density at radius 2 is 1.85 bits per heavy atom. The number of fused-ring (bicyclic) bond motifs is 1. The van der Waals surface area contributed by atoms with Gasteiger partial charge in [-0.3, -0.25) is 0 Å². The number of aromatic hydroxyl groups is 2.